The largest absolute Gasteiger partial charge is 0.397 e. The number of hydrogen-bond acceptors (Lipinski definition) is 9. The van der Waals surface area contributed by atoms with Crippen molar-refractivity contribution in [2.24, 2.45) is 0 Å². The van der Waals surface area contributed by atoms with Gasteiger partial charge in [0, 0.05) is 57.3 Å². The summed E-state index contributed by atoms with van der Waals surface area (Å²) in [7, 11) is 0. The molecule has 5 N–H and O–H groups in total. The molecule has 46 heavy (non-hydrogen) atoms. The number of amides is 3. The van der Waals surface area contributed by atoms with Gasteiger partial charge in [-0.25, -0.2) is 14.5 Å². The van der Waals surface area contributed by atoms with Gasteiger partial charge in [-0.2, -0.15) is 5.10 Å². The summed E-state index contributed by atoms with van der Waals surface area (Å²) >= 11 is 0. The van der Waals surface area contributed by atoms with E-state index in [1.54, 1.807) is 46.2 Å². The van der Waals surface area contributed by atoms with Gasteiger partial charge in [0.2, 0.25) is 5.91 Å². The minimum atomic E-state index is -0.627. The highest BCUT2D eigenvalue weighted by atomic mass is 19.1. The maximum atomic E-state index is 14.8. The smallest absolute Gasteiger partial charge is 0.272 e. The summed E-state index contributed by atoms with van der Waals surface area (Å²) in [5, 5.41) is 13.6. The standard InChI is InChI=1S/C32H35FN8O5/c33-25-8-7-21(19-27-22-4-1-2-5-23(22)30(43)39-38-27)18-24(25)32(45)41-14-12-40(13-15-41)28(42)20-35-10-16-46-17-11-37-31(44)29-26(34)6-3-9-36-29/h1-9,18,35H,10-17,19-20,34H2,(H,37,44)(H,39,43). The molecule has 13 nitrogen and oxygen atoms in total. The molecule has 1 saturated heterocycles. The second kappa shape index (κ2) is 15.2. The van der Waals surface area contributed by atoms with Gasteiger partial charge < -0.3 is 30.9 Å². The van der Waals surface area contributed by atoms with Gasteiger partial charge in [-0.15, -0.1) is 0 Å². The van der Waals surface area contributed by atoms with Crippen LogP contribution in [0.3, 0.4) is 0 Å². The number of nitrogens with one attached hydrogen (secondary N) is 3. The number of aromatic amines is 1. The fourth-order valence-electron chi connectivity index (χ4n) is 5.16. The van der Waals surface area contributed by atoms with Gasteiger partial charge in [0.05, 0.1) is 42.1 Å². The van der Waals surface area contributed by atoms with Crippen molar-refractivity contribution >= 4 is 34.2 Å². The van der Waals surface area contributed by atoms with Crippen LogP contribution in [0, 0.1) is 5.82 Å². The normalized spacial score (nSPS) is 13.2. The van der Waals surface area contributed by atoms with Crippen LogP contribution in [0.25, 0.3) is 10.8 Å². The Morgan fingerprint density at radius 1 is 0.957 bits per heavy atom. The Balaban J connectivity index is 1.02. The molecule has 1 aliphatic rings. The second-order valence-corrected chi connectivity index (χ2v) is 10.7. The molecule has 3 amide bonds. The number of piperazine rings is 1. The van der Waals surface area contributed by atoms with E-state index in [9.17, 15) is 23.6 Å². The number of nitrogens with zero attached hydrogens (tertiary/aromatic N) is 4. The maximum absolute atomic E-state index is 14.8. The fraction of sp³-hybridized carbons (Fsp3) is 0.312. The Bertz CT molecular complexity index is 1770. The van der Waals surface area contributed by atoms with E-state index in [0.717, 1.165) is 0 Å². The number of fused-ring (bicyclic) bond motifs is 1. The first-order valence-electron chi connectivity index (χ1n) is 14.9. The Labute approximate surface area is 263 Å². The Morgan fingerprint density at radius 2 is 1.70 bits per heavy atom. The Hall–Kier alpha value is -5.21. The summed E-state index contributed by atoms with van der Waals surface area (Å²) in [5.74, 6) is -1.56. The molecule has 4 aromatic rings. The zero-order valence-corrected chi connectivity index (χ0v) is 25.1. The zero-order chi connectivity index (χ0) is 32.5. The van der Waals surface area contributed by atoms with Crippen LogP contribution in [0.4, 0.5) is 10.1 Å². The molecule has 0 bridgehead atoms. The number of H-pyrrole nitrogens is 1. The number of carbonyl (C=O) groups is 3. The van der Waals surface area contributed by atoms with Crippen LogP contribution in [0.15, 0.2) is 65.6 Å². The van der Waals surface area contributed by atoms with E-state index in [1.807, 2.05) is 6.07 Å². The lowest BCUT2D eigenvalue weighted by Gasteiger charge is -2.35. The molecule has 14 heteroatoms. The van der Waals surface area contributed by atoms with Crippen molar-refractivity contribution in [1.82, 2.24) is 35.6 Å². The van der Waals surface area contributed by atoms with Crippen molar-refractivity contribution in [3.05, 3.63) is 99.5 Å². The minimum absolute atomic E-state index is 0.0481. The summed E-state index contributed by atoms with van der Waals surface area (Å²) < 4.78 is 20.3. The predicted octanol–water partition coefficient (Wildman–Crippen LogP) is 0.951. The van der Waals surface area contributed by atoms with Crippen LogP contribution >= 0.6 is 0 Å². The van der Waals surface area contributed by atoms with Crippen LogP contribution < -0.4 is 21.9 Å². The molecule has 0 atom stereocenters. The molecule has 2 aromatic heterocycles. The molecule has 1 fully saturated rings. The summed E-state index contributed by atoms with van der Waals surface area (Å²) in [6.45, 7) is 2.68. The number of nitrogen functional groups attached to an aromatic ring is 1. The Morgan fingerprint density at radius 3 is 2.48 bits per heavy atom. The monoisotopic (exact) mass is 630 g/mol. The topological polar surface area (TPSA) is 176 Å². The maximum Gasteiger partial charge on any atom is 0.272 e. The third kappa shape index (κ3) is 7.89. The summed E-state index contributed by atoms with van der Waals surface area (Å²) in [6.07, 6.45) is 1.80. The first-order chi connectivity index (χ1) is 22.3. The lowest BCUT2D eigenvalue weighted by atomic mass is 10.0. The third-order valence-corrected chi connectivity index (χ3v) is 7.61. The van der Waals surface area contributed by atoms with Crippen molar-refractivity contribution < 1.29 is 23.5 Å². The summed E-state index contributed by atoms with van der Waals surface area (Å²) in [4.78, 5) is 57.3. The van der Waals surface area contributed by atoms with E-state index >= 15 is 0 Å². The average molecular weight is 631 g/mol. The van der Waals surface area contributed by atoms with Gasteiger partial charge >= 0.3 is 0 Å². The number of anilines is 1. The number of carbonyl (C=O) groups excluding carboxylic acids is 3. The van der Waals surface area contributed by atoms with Gasteiger partial charge in [-0.05, 0) is 35.9 Å². The molecule has 0 aliphatic carbocycles. The molecule has 0 unspecified atom stereocenters. The predicted molar refractivity (Wildman–Crippen MR) is 169 cm³/mol. The number of halogens is 1. The van der Waals surface area contributed by atoms with Crippen molar-refractivity contribution in [2.75, 3.05) is 64.8 Å². The zero-order valence-electron chi connectivity index (χ0n) is 25.1. The summed E-state index contributed by atoms with van der Waals surface area (Å²) in [6, 6.07) is 14.7. The molecule has 2 aromatic carbocycles. The van der Waals surface area contributed by atoms with E-state index in [0.29, 0.717) is 60.4 Å². The first-order valence-corrected chi connectivity index (χ1v) is 14.9. The molecular formula is C32H35FN8O5. The van der Waals surface area contributed by atoms with Crippen LogP contribution in [0.1, 0.15) is 32.1 Å². The molecular weight excluding hydrogens is 595 g/mol. The van der Waals surface area contributed by atoms with Crippen molar-refractivity contribution in [3.8, 4) is 0 Å². The highest BCUT2D eigenvalue weighted by Crippen LogP contribution is 2.20. The van der Waals surface area contributed by atoms with Gasteiger partial charge in [-0.3, -0.25) is 19.2 Å². The van der Waals surface area contributed by atoms with E-state index in [1.165, 1.54) is 18.3 Å². The summed E-state index contributed by atoms with van der Waals surface area (Å²) in [5.41, 5.74) is 7.16. The third-order valence-electron chi connectivity index (χ3n) is 7.61. The first kappa shape index (κ1) is 32.2. The van der Waals surface area contributed by atoms with Crippen LogP contribution in [0.2, 0.25) is 0 Å². The second-order valence-electron chi connectivity index (χ2n) is 10.7. The number of benzene rings is 2. The number of hydrogen-bond donors (Lipinski definition) is 4. The van der Waals surface area contributed by atoms with Gasteiger partial charge in [0.1, 0.15) is 5.82 Å². The number of nitrogens with two attached hydrogens (primary N) is 1. The number of ether oxygens (including phenoxy) is 1. The molecule has 1 aliphatic heterocycles. The Kier molecular flexibility index (Phi) is 10.6. The van der Waals surface area contributed by atoms with E-state index in [2.05, 4.69) is 25.8 Å². The van der Waals surface area contributed by atoms with Crippen LogP contribution in [-0.4, -0.2) is 102 Å². The van der Waals surface area contributed by atoms with Gasteiger partial charge in [0.15, 0.2) is 5.69 Å². The lowest BCUT2D eigenvalue weighted by molar-refractivity contribution is -0.131. The van der Waals surface area contributed by atoms with Gasteiger partial charge in [-0.1, -0.05) is 24.3 Å². The number of rotatable bonds is 12. The van der Waals surface area contributed by atoms with E-state index in [4.69, 9.17) is 10.5 Å². The van der Waals surface area contributed by atoms with Crippen molar-refractivity contribution in [1.29, 1.82) is 0 Å². The van der Waals surface area contributed by atoms with Crippen molar-refractivity contribution in [2.45, 2.75) is 6.42 Å². The SMILES string of the molecule is Nc1cccnc1C(=O)NCCOCCNCC(=O)N1CCN(C(=O)c2cc(Cc3n[nH]c(=O)c4ccccc34)ccc2F)CC1. The minimum Gasteiger partial charge on any atom is -0.397 e. The molecule has 0 spiro atoms. The highest BCUT2D eigenvalue weighted by molar-refractivity contribution is 5.97. The van der Waals surface area contributed by atoms with E-state index in [-0.39, 0.29) is 61.4 Å². The average Bonchev–Trinajstić information content (AvgIpc) is 3.08. The van der Waals surface area contributed by atoms with E-state index < -0.39 is 11.7 Å². The van der Waals surface area contributed by atoms with Crippen LogP contribution in [0.5, 0.6) is 0 Å². The fourth-order valence-corrected chi connectivity index (χ4v) is 5.16. The molecule has 240 valence electrons. The number of pyridine rings is 1. The quantitative estimate of drug-likeness (QED) is 0.166. The highest BCUT2D eigenvalue weighted by Gasteiger charge is 2.26. The molecule has 3 heterocycles. The van der Waals surface area contributed by atoms with Crippen LogP contribution in [-0.2, 0) is 16.0 Å². The lowest BCUT2D eigenvalue weighted by Crippen LogP contribution is -2.52. The molecule has 0 saturated carbocycles. The molecule has 5 rings (SSSR count). The molecule has 0 radical (unpaired) electrons. The van der Waals surface area contributed by atoms with Crippen molar-refractivity contribution in [3.63, 3.8) is 0 Å². The van der Waals surface area contributed by atoms with Gasteiger partial charge in [0.25, 0.3) is 17.4 Å². The number of aromatic nitrogens is 3.